The van der Waals surface area contributed by atoms with Crippen molar-refractivity contribution in [1.29, 1.82) is 0 Å². The third-order valence-electron chi connectivity index (χ3n) is 4.53. The molecule has 0 atom stereocenters. The number of anilines is 2. The number of fused-ring (bicyclic) bond motifs is 1. The Bertz CT molecular complexity index is 944. The Morgan fingerprint density at radius 2 is 2.04 bits per heavy atom. The molecule has 0 bridgehead atoms. The van der Waals surface area contributed by atoms with Gasteiger partial charge in [0.1, 0.15) is 5.82 Å². The number of hydrogen-bond donors (Lipinski definition) is 2. The van der Waals surface area contributed by atoms with Crippen molar-refractivity contribution in [2.24, 2.45) is 0 Å². The lowest BCUT2D eigenvalue weighted by Crippen LogP contribution is -2.49. The zero-order valence-electron chi connectivity index (χ0n) is 15.1. The molecule has 3 heterocycles. The van der Waals surface area contributed by atoms with Gasteiger partial charge in [-0.15, -0.1) is 0 Å². The van der Waals surface area contributed by atoms with Gasteiger partial charge in [-0.05, 0) is 19.1 Å². The molecule has 1 saturated heterocycles. The maximum Gasteiger partial charge on any atom is 0.409 e. The predicted molar refractivity (Wildman–Crippen MR) is 109 cm³/mol. The zero-order valence-corrected chi connectivity index (χ0v) is 15.1. The lowest BCUT2D eigenvalue weighted by Gasteiger charge is -2.34. The second kappa shape index (κ2) is 7.10. The molecule has 0 saturated carbocycles. The van der Waals surface area contributed by atoms with E-state index in [-0.39, 0.29) is 10.4 Å². The van der Waals surface area contributed by atoms with E-state index in [1.165, 1.54) is 0 Å². The van der Waals surface area contributed by atoms with Gasteiger partial charge in [-0.25, -0.2) is 19.7 Å². The number of carbonyl (C=O) groups excluding carboxylic acids is 1. The molecule has 0 radical (unpaired) electrons. The van der Waals surface area contributed by atoms with Gasteiger partial charge in [0.25, 0.3) is 0 Å². The SMILES string of the molecule is CCOC(=O)N1CCN(c2cnc(N)c(-c3nc4ccccc4[nH]3)n2)CC1.[HH].[HH].[HH]. The van der Waals surface area contributed by atoms with Crippen LogP contribution in [0.2, 0.25) is 0 Å². The van der Waals surface area contributed by atoms with Crippen LogP contribution in [0.1, 0.15) is 11.2 Å². The van der Waals surface area contributed by atoms with Crippen LogP contribution in [-0.2, 0) is 4.74 Å². The van der Waals surface area contributed by atoms with E-state index in [0.29, 0.717) is 55.9 Å². The molecule has 1 amide bonds. The molecule has 3 aromatic rings. The Kier molecular flexibility index (Phi) is 4.49. The zero-order chi connectivity index (χ0) is 18.8. The van der Waals surface area contributed by atoms with Gasteiger partial charge in [0, 0.05) is 30.5 Å². The molecular weight excluding hydrogens is 346 g/mol. The van der Waals surface area contributed by atoms with Crippen LogP contribution in [0.4, 0.5) is 16.4 Å². The predicted octanol–water partition coefficient (Wildman–Crippen LogP) is 2.62. The second-order valence-electron chi connectivity index (χ2n) is 6.24. The standard InChI is InChI=1S/C18H21N7O2.3H2/c1-2-27-18(26)25-9-7-24(8-10-25)14-11-20-16(19)15(23-14)17-21-12-5-3-4-6-13(12)22-17;;;/h3-6,11H,2,7-10H2,1H3,(H2,19,20)(H,21,22);3*1H. The molecule has 0 unspecified atom stereocenters. The quantitative estimate of drug-likeness (QED) is 0.725. The number of nitrogen functional groups attached to an aromatic ring is 1. The van der Waals surface area contributed by atoms with E-state index in [1.807, 2.05) is 24.3 Å². The number of nitrogens with zero attached hydrogens (tertiary/aromatic N) is 5. The molecule has 9 heteroatoms. The van der Waals surface area contributed by atoms with Gasteiger partial charge in [0.2, 0.25) is 0 Å². The smallest absolute Gasteiger partial charge is 0.409 e. The highest BCUT2D eigenvalue weighted by atomic mass is 16.6. The molecular formula is C18H27N7O2. The molecule has 1 aliphatic heterocycles. The number of nitrogens with two attached hydrogens (primary N) is 1. The number of nitrogens with one attached hydrogen (secondary N) is 1. The Balaban J connectivity index is 0.00000150. The number of rotatable bonds is 3. The topological polar surface area (TPSA) is 113 Å². The molecule has 1 aliphatic rings. The van der Waals surface area contributed by atoms with Gasteiger partial charge in [-0.3, -0.25) is 0 Å². The number of amides is 1. The Morgan fingerprint density at radius 3 is 2.78 bits per heavy atom. The van der Waals surface area contributed by atoms with Crippen LogP contribution in [0, 0.1) is 0 Å². The van der Waals surface area contributed by atoms with Gasteiger partial charge in [0.05, 0.1) is 23.8 Å². The molecule has 146 valence electrons. The number of ether oxygens (including phenoxy) is 1. The van der Waals surface area contributed by atoms with Crippen LogP contribution >= 0.6 is 0 Å². The summed E-state index contributed by atoms with van der Waals surface area (Å²) in [6.45, 7) is 4.63. The summed E-state index contributed by atoms with van der Waals surface area (Å²) < 4.78 is 5.06. The second-order valence-corrected chi connectivity index (χ2v) is 6.24. The fourth-order valence-electron chi connectivity index (χ4n) is 3.11. The van der Waals surface area contributed by atoms with Crippen molar-refractivity contribution in [3.63, 3.8) is 0 Å². The Labute approximate surface area is 160 Å². The minimum atomic E-state index is -0.275. The van der Waals surface area contributed by atoms with Crippen LogP contribution in [0.15, 0.2) is 30.5 Å². The summed E-state index contributed by atoms with van der Waals surface area (Å²) in [5.74, 6) is 1.62. The number of benzene rings is 1. The van der Waals surface area contributed by atoms with Crippen molar-refractivity contribution in [1.82, 2.24) is 24.8 Å². The number of carbonyl (C=O) groups is 1. The van der Waals surface area contributed by atoms with E-state index in [4.69, 9.17) is 10.5 Å². The molecule has 1 aromatic carbocycles. The average molecular weight is 373 g/mol. The maximum absolute atomic E-state index is 11.8. The number of aromatic nitrogens is 4. The molecule has 3 N–H and O–H groups in total. The molecule has 27 heavy (non-hydrogen) atoms. The highest BCUT2D eigenvalue weighted by molar-refractivity contribution is 5.80. The van der Waals surface area contributed by atoms with Gasteiger partial charge < -0.3 is 25.3 Å². The monoisotopic (exact) mass is 373 g/mol. The summed E-state index contributed by atoms with van der Waals surface area (Å²) in [5.41, 5.74) is 8.34. The Morgan fingerprint density at radius 1 is 1.26 bits per heavy atom. The van der Waals surface area contributed by atoms with Crippen LogP contribution < -0.4 is 10.6 Å². The van der Waals surface area contributed by atoms with Crippen molar-refractivity contribution >= 4 is 28.8 Å². The summed E-state index contributed by atoms with van der Waals surface area (Å²) in [6.07, 6.45) is 1.38. The number of imidazole rings is 1. The minimum Gasteiger partial charge on any atom is -0.450 e. The van der Waals surface area contributed by atoms with Crippen molar-refractivity contribution < 1.29 is 13.8 Å². The summed E-state index contributed by atoms with van der Waals surface area (Å²) >= 11 is 0. The third-order valence-corrected chi connectivity index (χ3v) is 4.53. The summed E-state index contributed by atoms with van der Waals surface area (Å²) in [4.78, 5) is 32.4. The van der Waals surface area contributed by atoms with E-state index in [2.05, 4.69) is 24.8 Å². The number of para-hydroxylation sites is 2. The fraction of sp³-hybridized carbons (Fsp3) is 0.333. The first kappa shape index (κ1) is 17.1. The molecule has 1 fully saturated rings. The summed E-state index contributed by atoms with van der Waals surface area (Å²) in [6, 6.07) is 7.76. The molecule has 4 rings (SSSR count). The van der Waals surface area contributed by atoms with E-state index in [9.17, 15) is 4.79 Å². The van der Waals surface area contributed by atoms with E-state index in [0.717, 1.165) is 11.0 Å². The van der Waals surface area contributed by atoms with E-state index in [1.54, 1.807) is 18.0 Å². The first-order valence-corrected chi connectivity index (χ1v) is 8.90. The normalized spacial score (nSPS) is 14.6. The van der Waals surface area contributed by atoms with Crippen LogP contribution in [-0.4, -0.2) is 63.7 Å². The molecule has 0 aliphatic carbocycles. The Hall–Kier alpha value is -3.36. The lowest BCUT2D eigenvalue weighted by atomic mass is 10.3. The highest BCUT2D eigenvalue weighted by Crippen LogP contribution is 2.25. The van der Waals surface area contributed by atoms with Crippen LogP contribution in [0.5, 0.6) is 0 Å². The number of piperazine rings is 1. The number of hydrogen-bond acceptors (Lipinski definition) is 7. The maximum atomic E-state index is 11.8. The van der Waals surface area contributed by atoms with Gasteiger partial charge in [-0.1, -0.05) is 12.1 Å². The van der Waals surface area contributed by atoms with Gasteiger partial charge >= 0.3 is 6.09 Å². The lowest BCUT2D eigenvalue weighted by molar-refractivity contribution is 0.105. The first-order chi connectivity index (χ1) is 13.2. The van der Waals surface area contributed by atoms with Gasteiger partial charge in [0.15, 0.2) is 17.3 Å². The highest BCUT2D eigenvalue weighted by Gasteiger charge is 2.23. The molecule has 0 spiro atoms. The summed E-state index contributed by atoms with van der Waals surface area (Å²) in [5, 5.41) is 0. The van der Waals surface area contributed by atoms with Crippen LogP contribution in [0.25, 0.3) is 22.6 Å². The van der Waals surface area contributed by atoms with Crippen LogP contribution in [0.3, 0.4) is 0 Å². The van der Waals surface area contributed by atoms with Crippen molar-refractivity contribution in [2.45, 2.75) is 6.92 Å². The fourth-order valence-corrected chi connectivity index (χ4v) is 3.11. The number of aromatic amines is 1. The van der Waals surface area contributed by atoms with E-state index < -0.39 is 0 Å². The minimum absolute atomic E-state index is 0. The van der Waals surface area contributed by atoms with Crippen molar-refractivity contribution in [2.75, 3.05) is 43.4 Å². The first-order valence-electron chi connectivity index (χ1n) is 8.90. The molecule has 9 nitrogen and oxygen atoms in total. The third kappa shape index (κ3) is 3.35. The van der Waals surface area contributed by atoms with E-state index >= 15 is 0 Å². The molecule has 2 aromatic heterocycles. The average Bonchev–Trinajstić information content (AvgIpc) is 3.12. The number of H-pyrrole nitrogens is 1. The van der Waals surface area contributed by atoms with Crippen molar-refractivity contribution in [3.8, 4) is 11.5 Å². The van der Waals surface area contributed by atoms with Crippen molar-refractivity contribution in [3.05, 3.63) is 30.5 Å². The van der Waals surface area contributed by atoms with Gasteiger partial charge in [-0.2, -0.15) is 0 Å². The summed E-state index contributed by atoms with van der Waals surface area (Å²) in [7, 11) is 0. The largest absolute Gasteiger partial charge is 0.450 e.